The van der Waals surface area contributed by atoms with Crippen LogP contribution in [0.2, 0.25) is 10.0 Å². The minimum atomic E-state index is -3.32. The molecule has 0 saturated heterocycles. The fourth-order valence-corrected chi connectivity index (χ4v) is 5.06. The largest absolute Gasteiger partial charge is 0.332 e. The molecule has 0 radical (unpaired) electrons. The van der Waals surface area contributed by atoms with E-state index >= 15 is 0 Å². The van der Waals surface area contributed by atoms with Gasteiger partial charge in [-0.25, -0.2) is 13.2 Å². The SMILES string of the molecule is CCCN(Cc1ccccc1)Cc1c(Cl)cc(NC(=O)NCc2ccc(S(=O)(=O)CC)cn2)cc1Cl. The van der Waals surface area contributed by atoms with E-state index in [1.807, 2.05) is 18.2 Å². The number of anilines is 1. The van der Waals surface area contributed by atoms with Crippen molar-refractivity contribution in [2.45, 2.75) is 44.8 Å². The minimum Gasteiger partial charge on any atom is -0.332 e. The topological polar surface area (TPSA) is 91.4 Å². The maximum Gasteiger partial charge on any atom is 0.319 e. The quantitative estimate of drug-likeness (QED) is 0.310. The third-order valence-corrected chi connectivity index (χ3v) is 7.93. The summed E-state index contributed by atoms with van der Waals surface area (Å²) in [6.45, 7) is 6.09. The Bertz CT molecular complexity index is 1250. The summed E-state index contributed by atoms with van der Waals surface area (Å²) >= 11 is 13.1. The summed E-state index contributed by atoms with van der Waals surface area (Å²) in [5, 5.41) is 6.37. The van der Waals surface area contributed by atoms with Gasteiger partial charge in [-0.1, -0.05) is 67.4 Å². The molecule has 1 aromatic heterocycles. The van der Waals surface area contributed by atoms with Gasteiger partial charge in [0, 0.05) is 40.6 Å². The fraction of sp³-hybridized carbons (Fsp3) is 0.308. The van der Waals surface area contributed by atoms with E-state index < -0.39 is 15.9 Å². The molecular formula is C26H30Cl2N4O3S. The number of hydrogen-bond donors (Lipinski definition) is 2. The summed E-state index contributed by atoms with van der Waals surface area (Å²) in [6, 6.07) is 16.2. The second kappa shape index (κ2) is 13.1. The molecule has 192 valence electrons. The minimum absolute atomic E-state index is 0.00224. The highest BCUT2D eigenvalue weighted by Gasteiger charge is 2.15. The molecule has 0 fully saturated rings. The summed E-state index contributed by atoms with van der Waals surface area (Å²) in [7, 11) is -3.32. The molecule has 0 unspecified atom stereocenters. The van der Waals surface area contributed by atoms with Gasteiger partial charge in [0.05, 0.1) is 22.9 Å². The molecule has 0 aliphatic heterocycles. The van der Waals surface area contributed by atoms with E-state index in [2.05, 4.69) is 39.6 Å². The molecule has 7 nitrogen and oxygen atoms in total. The predicted octanol–water partition coefficient (Wildman–Crippen LogP) is 5.92. The Morgan fingerprint density at radius 3 is 2.28 bits per heavy atom. The molecule has 0 aliphatic rings. The van der Waals surface area contributed by atoms with Crippen molar-refractivity contribution < 1.29 is 13.2 Å². The van der Waals surface area contributed by atoms with Crippen LogP contribution in [0.1, 0.15) is 37.1 Å². The van der Waals surface area contributed by atoms with Crippen LogP contribution in [0.25, 0.3) is 0 Å². The van der Waals surface area contributed by atoms with Gasteiger partial charge in [0.1, 0.15) is 0 Å². The van der Waals surface area contributed by atoms with Gasteiger partial charge in [-0.2, -0.15) is 0 Å². The standard InChI is InChI=1S/C26H30Cl2N4O3S/c1-3-12-32(17-19-8-6-5-7-9-19)18-23-24(27)13-21(14-25(23)28)31-26(33)30-15-20-10-11-22(16-29-20)36(34,35)4-2/h5-11,13-14,16H,3-4,12,15,17-18H2,1-2H3,(H2,30,31,33). The highest BCUT2D eigenvalue weighted by molar-refractivity contribution is 7.91. The number of amides is 2. The lowest BCUT2D eigenvalue weighted by atomic mass is 10.1. The molecule has 36 heavy (non-hydrogen) atoms. The normalized spacial score (nSPS) is 11.5. The lowest BCUT2D eigenvalue weighted by molar-refractivity contribution is 0.251. The Morgan fingerprint density at radius 2 is 1.69 bits per heavy atom. The number of hydrogen-bond acceptors (Lipinski definition) is 5. The summed E-state index contributed by atoms with van der Waals surface area (Å²) in [5.41, 5.74) is 3.01. The van der Waals surface area contributed by atoms with Crippen LogP contribution in [0.15, 0.2) is 65.7 Å². The molecular weight excluding hydrogens is 519 g/mol. The van der Waals surface area contributed by atoms with Crippen molar-refractivity contribution in [1.29, 1.82) is 0 Å². The van der Waals surface area contributed by atoms with Gasteiger partial charge in [0.2, 0.25) is 0 Å². The summed E-state index contributed by atoms with van der Waals surface area (Å²) < 4.78 is 23.8. The van der Waals surface area contributed by atoms with E-state index in [-0.39, 0.29) is 17.2 Å². The first-order valence-electron chi connectivity index (χ1n) is 11.7. The fourth-order valence-electron chi connectivity index (χ4n) is 3.63. The first kappa shape index (κ1) is 27.9. The summed E-state index contributed by atoms with van der Waals surface area (Å²) in [5.74, 6) is 0.00224. The zero-order valence-electron chi connectivity index (χ0n) is 20.3. The Hall–Kier alpha value is -2.65. The number of carbonyl (C=O) groups is 1. The zero-order valence-corrected chi connectivity index (χ0v) is 22.6. The van der Waals surface area contributed by atoms with Crippen molar-refractivity contribution in [2.24, 2.45) is 0 Å². The zero-order chi connectivity index (χ0) is 26.1. The van der Waals surface area contributed by atoms with Crippen molar-refractivity contribution in [2.75, 3.05) is 17.6 Å². The van der Waals surface area contributed by atoms with Crippen LogP contribution in [-0.2, 0) is 29.5 Å². The number of rotatable bonds is 11. The average molecular weight is 550 g/mol. The number of carbonyl (C=O) groups excluding carboxylic acids is 1. The van der Waals surface area contributed by atoms with Crippen molar-refractivity contribution in [1.82, 2.24) is 15.2 Å². The maximum atomic E-state index is 12.4. The number of halogens is 2. The predicted molar refractivity (Wildman–Crippen MR) is 145 cm³/mol. The van der Waals surface area contributed by atoms with Crippen molar-refractivity contribution in [3.05, 3.63) is 87.7 Å². The molecule has 1 heterocycles. The number of nitrogens with one attached hydrogen (secondary N) is 2. The molecule has 3 rings (SSSR count). The monoisotopic (exact) mass is 548 g/mol. The van der Waals surface area contributed by atoms with E-state index in [1.54, 1.807) is 25.1 Å². The molecule has 0 aliphatic carbocycles. The maximum absolute atomic E-state index is 12.4. The van der Waals surface area contributed by atoms with Crippen LogP contribution in [0.4, 0.5) is 10.5 Å². The molecule has 0 atom stereocenters. The van der Waals surface area contributed by atoms with Crippen LogP contribution < -0.4 is 10.6 Å². The van der Waals surface area contributed by atoms with Crippen molar-refractivity contribution >= 4 is 44.8 Å². The van der Waals surface area contributed by atoms with Crippen LogP contribution >= 0.6 is 23.2 Å². The molecule has 0 saturated carbocycles. The van der Waals surface area contributed by atoms with E-state index in [9.17, 15) is 13.2 Å². The van der Waals surface area contributed by atoms with Crippen molar-refractivity contribution in [3.63, 3.8) is 0 Å². The van der Waals surface area contributed by atoms with Gasteiger partial charge in [0.15, 0.2) is 9.84 Å². The van der Waals surface area contributed by atoms with Gasteiger partial charge in [-0.15, -0.1) is 0 Å². The molecule has 2 N–H and O–H groups in total. The Kier molecular flexibility index (Phi) is 10.1. The summed E-state index contributed by atoms with van der Waals surface area (Å²) in [6.07, 6.45) is 2.29. The third kappa shape index (κ3) is 7.93. The van der Waals surface area contributed by atoms with Gasteiger partial charge in [0.25, 0.3) is 0 Å². The van der Waals surface area contributed by atoms with E-state index in [0.717, 1.165) is 25.1 Å². The molecule has 10 heteroatoms. The number of urea groups is 1. The number of sulfone groups is 1. The smallest absolute Gasteiger partial charge is 0.319 e. The van der Waals surface area contributed by atoms with Gasteiger partial charge >= 0.3 is 6.03 Å². The van der Waals surface area contributed by atoms with Crippen LogP contribution in [0.3, 0.4) is 0 Å². The molecule has 2 aromatic carbocycles. The van der Waals surface area contributed by atoms with Crippen LogP contribution in [0, 0.1) is 0 Å². The number of benzene rings is 2. The van der Waals surface area contributed by atoms with Crippen LogP contribution in [-0.4, -0.2) is 36.6 Å². The highest BCUT2D eigenvalue weighted by atomic mass is 35.5. The Morgan fingerprint density at radius 1 is 1.00 bits per heavy atom. The van der Waals surface area contributed by atoms with E-state index in [4.69, 9.17) is 23.2 Å². The first-order valence-corrected chi connectivity index (χ1v) is 14.1. The second-order valence-corrected chi connectivity index (χ2v) is 11.4. The Balaban J connectivity index is 1.60. The van der Waals surface area contributed by atoms with Crippen LogP contribution in [0.5, 0.6) is 0 Å². The average Bonchev–Trinajstić information content (AvgIpc) is 2.86. The third-order valence-electron chi connectivity index (χ3n) is 5.54. The number of nitrogens with zero attached hydrogens (tertiary/aromatic N) is 2. The highest BCUT2D eigenvalue weighted by Crippen LogP contribution is 2.30. The number of aromatic nitrogens is 1. The lowest BCUT2D eigenvalue weighted by Gasteiger charge is -2.23. The van der Waals surface area contributed by atoms with Gasteiger partial charge < -0.3 is 10.6 Å². The molecule has 0 spiro atoms. The molecule has 2 amide bonds. The summed E-state index contributed by atoms with van der Waals surface area (Å²) in [4.78, 5) is 18.9. The molecule has 3 aromatic rings. The van der Waals surface area contributed by atoms with Gasteiger partial charge in [-0.3, -0.25) is 9.88 Å². The van der Waals surface area contributed by atoms with E-state index in [1.165, 1.54) is 17.8 Å². The Labute approximate surface area is 222 Å². The number of pyridine rings is 1. The lowest BCUT2D eigenvalue weighted by Crippen LogP contribution is -2.28. The first-order chi connectivity index (χ1) is 17.2. The van der Waals surface area contributed by atoms with Gasteiger partial charge in [-0.05, 0) is 42.8 Å². The molecule has 0 bridgehead atoms. The second-order valence-electron chi connectivity index (χ2n) is 8.31. The van der Waals surface area contributed by atoms with E-state index in [0.29, 0.717) is 28.0 Å². The van der Waals surface area contributed by atoms with Crippen molar-refractivity contribution in [3.8, 4) is 0 Å².